The first-order valence-corrected chi connectivity index (χ1v) is 13.4. The van der Waals surface area contributed by atoms with Gasteiger partial charge in [0, 0.05) is 19.7 Å². The smallest absolute Gasteiger partial charge is 0.431 e. The maximum atomic E-state index is 14.3. The fourth-order valence-electron chi connectivity index (χ4n) is 4.44. The summed E-state index contributed by atoms with van der Waals surface area (Å²) in [7, 11) is 0. The minimum atomic E-state index is -1.07. The molecule has 0 spiro atoms. The van der Waals surface area contributed by atoms with Crippen LogP contribution < -0.4 is 0 Å². The molecule has 1 saturated carbocycles. The summed E-state index contributed by atoms with van der Waals surface area (Å²) in [6.45, 7) is 4.09. The van der Waals surface area contributed by atoms with Crippen molar-refractivity contribution in [1.82, 2.24) is 4.57 Å². The standard InChI is InChI=1S/C27H44FNO5/c1-3-4-5-6-7-8-9-11-15-23(28)19-21-29-20-14-18-25(29)26(30)32-22(2)33-27(31)34-24-16-12-10-13-17-24/h14,18,20,22-24H,3-13,15-17,19,21H2,1-2H3. The molecule has 1 fully saturated rings. The Balaban J connectivity index is 1.63. The highest BCUT2D eigenvalue weighted by atomic mass is 19.1. The van der Waals surface area contributed by atoms with Crippen molar-refractivity contribution < 1.29 is 28.2 Å². The Morgan fingerprint density at radius 3 is 2.38 bits per heavy atom. The number of esters is 1. The van der Waals surface area contributed by atoms with Crippen molar-refractivity contribution in [1.29, 1.82) is 0 Å². The molecule has 0 bridgehead atoms. The molecule has 0 radical (unpaired) electrons. The Bertz CT molecular complexity index is 701. The lowest BCUT2D eigenvalue weighted by atomic mass is 9.98. The summed E-state index contributed by atoms with van der Waals surface area (Å²) in [4.78, 5) is 24.5. The number of unbranched alkanes of at least 4 members (excludes halogenated alkanes) is 7. The van der Waals surface area contributed by atoms with E-state index in [1.54, 1.807) is 22.9 Å². The molecule has 1 aromatic rings. The first-order valence-electron chi connectivity index (χ1n) is 13.4. The number of halogens is 1. The van der Waals surface area contributed by atoms with E-state index in [-0.39, 0.29) is 6.10 Å². The van der Waals surface area contributed by atoms with Crippen molar-refractivity contribution in [3.63, 3.8) is 0 Å². The van der Waals surface area contributed by atoms with Crippen molar-refractivity contribution in [3.8, 4) is 0 Å². The van der Waals surface area contributed by atoms with Gasteiger partial charge in [0.1, 0.15) is 18.0 Å². The van der Waals surface area contributed by atoms with Gasteiger partial charge in [-0.05, 0) is 50.7 Å². The molecule has 194 valence electrons. The van der Waals surface area contributed by atoms with Gasteiger partial charge in [-0.25, -0.2) is 14.0 Å². The van der Waals surface area contributed by atoms with Gasteiger partial charge < -0.3 is 18.8 Å². The van der Waals surface area contributed by atoms with Gasteiger partial charge in [-0.1, -0.05) is 64.7 Å². The van der Waals surface area contributed by atoms with Crippen molar-refractivity contribution >= 4 is 12.1 Å². The third-order valence-corrected chi connectivity index (χ3v) is 6.44. The van der Waals surface area contributed by atoms with E-state index < -0.39 is 24.6 Å². The fourth-order valence-corrected chi connectivity index (χ4v) is 4.44. The summed E-state index contributed by atoms with van der Waals surface area (Å²) in [5.41, 5.74) is 0.315. The molecule has 0 amide bonds. The second kappa shape index (κ2) is 16.6. The van der Waals surface area contributed by atoms with Crippen LogP contribution >= 0.6 is 0 Å². The minimum absolute atomic E-state index is 0.124. The van der Waals surface area contributed by atoms with Crippen LogP contribution in [0, 0.1) is 0 Å². The molecule has 6 nitrogen and oxygen atoms in total. The Kier molecular flexibility index (Phi) is 13.7. The molecule has 1 heterocycles. The second-order valence-electron chi connectivity index (χ2n) is 9.45. The van der Waals surface area contributed by atoms with Gasteiger partial charge >= 0.3 is 12.1 Å². The zero-order valence-corrected chi connectivity index (χ0v) is 21.1. The van der Waals surface area contributed by atoms with Crippen LogP contribution in [0.3, 0.4) is 0 Å². The number of ether oxygens (including phenoxy) is 3. The third-order valence-electron chi connectivity index (χ3n) is 6.44. The van der Waals surface area contributed by atoms with Crippen LogP contribution in [0.2, 0.25) is 0 Å². The topological polar surface area (TPSA) is 66.8 Å². The highest BCUT2D eigenvalue weighted by molar-refractivity contribution is 5.87. The quantitative estimate of drug-likeness (QED) is 0.137. The normalized spacial score (nSPS) is 16.1. The largest absolute Gasteiger partial charge is 0.511 e. The van der Waals surface area contributed by atoms with Crippen LogP contribution in [0.4, 0.5) is 9.18 Å². The van der Waals surface area contributed by atoms with E-state index in [2.05, 4.69) is 6.92 Å². The lowest BCUT2D eigenvalue weighted by Gasteiger charge is -2.22. The molecule has 2 unspecified atom stereocenters. The van der Waals surface area contributed by atoms with E-state index >= 15 is 0 Å². The molecule has 0 saturated heterocycles. The van der Waals surface area contributed by atoms with E-state index in [4.69, 9.17) is 14.2 Å². The molecule has 0 aromatic carbocycles. The molecule has 34 heavy (non-hydrogen) atoms. The average molecular weight is 482 g/mol. The number of alkyl halides is 1. The van der Waals surface area contributed by atoms with Crippen molar-refractivity contribution in [2.45, 2.75) is 135 Å². The number of nitrogens with zero attached hydrogens (tertiary/aromatic N) is 1. The lowest BCUT2D eigenvalue weighted by Crippen LogP contribution is -2.27. The molecule has 1 aliphatic rings. The summed E-state index contributed by atoms with van der Waals surface area (Å²) in [5, 5.41) is 0. The van der Waals surface area contributed by atoms with Crippen molar-refractivity contribution in [2.75, 3.05) is 0 Å². The SMILES string of the molecule is CCCCCCCCCCC(F)CCn1cccc1C(=O)OC(C)OC(=O)OC1CCCCC1. The molecule has 2 rings (SSSR count). The molecule has 1 aromatic heterocycles. The minimum Gasteiger partial charge on any atom is -0.431 e. The van der Waals surface area contributed by atoms with Crippen LogP contribution in [0.25, 0.3) is 0 Å². The van der Waals surface area contributed by atoms with E-state index in [9.17, 15) is 14.0 Å². The summed E-state index contributed by atoms with van der Waals surface area (Å²) in [6, 6.07) is 3.35. The van der Waals surface area contributed by atoms with Crippen molar-refractivity contribution in [2.24, 2.45) is 0 Å². The first kappa shape index (κ1) is 28.2. The second-order valence-corrected chi connectivity index (χ2v) is 9.45. The van der Waals surface area contributed by atoms with E-state index in [0.29, 0.717) is 25.1 Å². The zero-order valence-electron chi connectivity index (χ0n) is 21.1. The third kappa shape index (κ3) is 11.4. The van der Waals surface area contributed by atoms with Crippen LogP contribution in [-0.2, 0) is 20.8 Å². The highest BCUT2D eigenvalue weighted by Gasteiger charge is 2.23. The Hall–Kier alpha value is -2.05. The maximum Gasteiger partial charge on any atom is 0.511 e. The fraction of sp³-hybridized carbons (Fsp3) is 0.778. The summed E-state index contributed by atoms with van der Waals surface area (Å²) >= 11 is 0. The molecular weight excluding hydrogens is 437 g/mol. The van der Waals surface area contributed by atoms with Gasteiger partial charge in [0.15, 0.2) is 0 Å². The number of hydrogen-bond donors (Lipinski definition) is 0. The van der Waals surface area contributed by atoms with Crippen molar-refractivity contribution in [3.05, 3.63) is 24.0 Å². The molecule has 0 N–H and O–H groups in total. The summed E-state index contributed by atoms with van der Waals surface area (Å²) in [6.07, 6.45) is 14.2. The molecular formula is C27H44FNO5. The number of hydrogen-bond acceptors (Lipinski definition) is 5. The number of aryl methyl sites for hydroxylation is 1. The zero-order chi connectivity index (χ0) is 24.6. The van der Waals surface area contributed by atoms with Gasteiger partial charge in [0.25, 0.3) is 0 Å². The van der Waals surface area contributed by atoms with Crippen LogP contribution in [-0.4, -0.2) is 35.3 Å². The van der Waals surface area contributed by atoms with Gasteiger partial charge in [0.2, 0.25) is 6.29 Å². The summed E-state index contributed by atoms with van der Waals surface area (Å²) in [5.74, 6) is -0.610. The van der Waals surface area contributed by atoms with Gasteiger partial charge in [-0.15, -0.1) is 0 Å². The maximum absolute atomic E-state index is 14.3. The number of aromatic nitrogens is 1. The van der Waals surface area contributed by atoms with E-state index in [1.165, 1.54) is 45.4 Å². The van der Waals surface area contributed by atoms with Gasteiger partial charge in [0.05, 0.1) is 0 Å². The van der Waals surface area contributed by atoms with Crippen LogP contribution in [0.1, 0.15) is 121 Å². The lowest BCUT2D eigenvalue weighted by molar-refractivity contribution is -0.0918. The highest BCUT2D eigenvalue weighted by Crippen LogP contribution is 2.21. The summed E-state index contributed by atoms with van der Waals surface area (Å²) < 4.78 is 31.7. The first-order chi connectivity index (χ1) is 16.5. The Morgan fingerprint density at radius 2 is 1.68 bits per heavy atom. The van der Waals surface area contributed by atoms with Crippen LogP contribution in [0.15, 0.2) is 18.3 Å². The number of carbonyl (C=O) groups excluding carboxylic acids is 2. The predicted octanol–water partition coefficient (Wildman–Crippen LogP) is 7.74. The number of rotatable bonds is 16. The van der Waals surface area contributed by atoms with Gasteiger partial charge in [-0.2, -0.15) is 0 Å². The van der Waals surface area contributed by atoms with Crippen LogP contribution in [0.5, 0.6) is 0 Å². The number of carbonyl (C=O) groups is 2. The molecule has 7 heteroatoms. The molecule has 1 aliphatic carbocycles. The van der Waals surface area contributed by atoms with Gasteiger partial charge in [-0.3, -0.25) is 0 Å². The monoisotopic (exact) mass is 481 g/mol. The molecule has 2 atom stereocenters. The van der Waals surface area contributed by atoms with E-state index in [1.807, 2.05) is 0 Å². The average Bonchev–Trinajstić information content (AvgIpc) is 3.29. The van der Waals surface area contributed by atoms with E-state index in [0.717, 1.165) is 44.9 Å². The predicted molar refractivity (Wildman–Crippen MR) is 130 cm³/mol. The Labute approximate surface area is 204 Å². The molecule has 0 aliphatic heterocycles. The Morgan fingerprint density at radius 1 is 1.00 bits per heavy atom.